The van der Waals surface area contributed by atoms with Crippen molar-refractivity contribution >= 4 is 56.0 Å². The fourth-order valence-corrected chi connectivity index (χ4v) is 4.24. The van der Waals surface area contributed by atoms with Crippen LogP contribution in [0.3, 0.4) is 0 Å². The van der Waals surface area contributed by atoms with E-state index in [1.807, 2.05) is 65.2 Å². The van der Waals surface area contributed by atoms with Crippen LogP contribution in [0.1, 0.15) is 0 Å². The first kappa shape index (κ1) is 17.6. The summed E-state index contributed by atoms with van der Waals surface area (Å²) in [6.07, 6.45) is 1.20. The molecule has 1 N–H and O–H groups in total. The van der Waals surface area contributed by atoms with Gasteiger partial charge in [-0.25, -0.2) is 4.98 Å². The highest BCUT2D eigenvalue weighted by molar-refractivity contribution is 6.33. The number of imidazole rings is 1. The third-order valence-electron chi connectivity index (χ3n) is 5.12. The van der Waals surface area contributed by atoms with E-state index in [2.05, 4.69) is 9.55 Å². The second-order valence-electron chi connectivity index (χ2n) is 6.97. The van der Waals surface area contributed by atoms with Crippen molar-refractivity contribution < 1.29 is 5.11 Å². The van der Waals surface area contributed by atoms with Crippen molar-refractivity contribution in [1.29, 1.82) is 0 Å². The molecule has 3 aromatic carbocycles. The maximum absolute atomic E-state index is 10.9. The first-order chi connectivity index (χ1) is 13.6. The number of nitrogens with zero attached hydrogens (tertiary/aromatic N) is 3. The molecule has 2 aromatic heterocycles. The fraction of sp³-hybridized carbons (Fsp3) is 0.136. The van der Waals surface area contributed by atoms with Crippen molar-refractivity contribution in [2.75, 3.05) is 0 Å². The summed E-state index contributed by atoms with van der Waals surface area (Å²) >= 11 is 12.4. The molecule has 28 heavy (non-hydrogen) atoms. The minimum Gasteiger partial charge on any atom is -0.389 e. The summed E-state index contributed by atoms with van der Waals surface area (Å²) in [4.78, 5) is 4.40. The van der Waals surface area contributed by atoms with Gasteiger partial charge in [0.2, 0.25) is 0 Å². The zero-order valence-electron chi connectivity index (χ0n) is 14.9. The van der Waals surface area contributed by atoms with Crippen LogP contribution in [0, 0.1) is 0 Å². The van der Waals surface area contributed by atoms with Crippen LogP contribution in [0.4, 0.5) is 0 Å². The summed E-state index contributed by atoms with van der Waals surface area (Å²) in [5.74, 6) is 0. The van der Waals surface area contributed by atoms with Gasteiger partial charge in [0.25, 0.3) is 0 Å². The van der Waals surface area contributed by atoms with Gasteiger partial charge in [0, 0.05) is 31.9 Å². The SMILES string of the molecule is OC(Cn1cnc2ccccc21)Cn1c2ccc(Cl)cc2c2cc(Cl)ccc21. The van der Waals surface area contributed by atoms with Gasteiger partial charge >= 0.3 is 0 Å². The van der Waals surface area contributed by atoms with Crippen molar-refractivity contribution in [3.63, 3.8) is 0 Å². The quantitative estimate of drug-likeness (QED) is 0.425. The predicted octanol–water partition coefficient (Wildman–Crippen LogP) is 5.51. The number of aromatic nitrogens is 3. The third kappa shape index (κ3) is 2.94. The van der Waals surface area contributed by atoms with E-state index in [0.717, 1.165) is 32.8 Å². The van der Waals surface area contributed by atoms with E-state index in [9.17, 15) is 5.11 Å². The Labute approximate surface area is 171 Å². The van der Waals surface area contributed by atoms with Crippen LogP contribution < -0.4 is 0 Å². The van der Waals surface area contributed by atoms with E-state index in [1.165, 1.54) is 0 Å². The number of hydrogen-bond donors (Lipinski definition) is 1. The van der Waals surface area contributed by atoms with Crippen LogP contribution in [0.2, 0.25) is 10.0 Å². The second kappa shape index (κ2) is 6.82. The molecule has 6 heteroatoms. The van der Waals surface area contributed by atoms with Crippen molar-refractivity contribution in [3.8, 4) is 0 Å². The number of para-hydroxylation sites is 2. The fourth-order valence-electron chi connectivity index (χ4n) is 3.90. The molecule has 0 aliphatic carbocycles. The summed E-state index contributed by atoms with van der Waals surface area (Å²) < 4.78 is 4.11. The Kier molecular flexibility index (Phi) is 4.27. The highest BCUT2D eigenvalue weighted by Gasteiger charge is 2.16. The lowest BCUT2D eigenvalue weighted by molar-refractivity contribution is 0.138. The largest absolute Gasteiger partial charge is 0.389 e. The molecule has 0 aliphatic heterocycles. The van der Waals surface area contributed by atoms with Gasteiger partial charge in [-0.2, -0.15) is 0 Å². The van der Waals surface area contributed by atoms with E-state index in [1.54, 1.807) is 6.33 Å². The molecule has 1 atom stereocenters. The van der Waals surface area contributed by atoms with E-state index >= 15 is 0 Å². The number of benzene rings is 3. The zero-order valence-corrected chi connectivity index (χ0v) is 16.4. The number of rotatable bonds is 4. The Hall–Kier alpha value is -2.53. The molecule has 1 unspecified atom stereocenters. The number of halogens is 2. The first-order valence-electron chi connectivity index (χ1n) is 9.05. The van der Waals surface area contributed by atoms with Crippen molar-refractivity contribution in [1.82, 2.24) is 14.1 Å². The molecule has 0 saturated carbocycles. The Bertz CT molecular complexity index is 1260. The van der Waals surface area contributed by atoms with Gasteiger partial charge in [-0.15, -0.1) is 0 Å². The van der Waals surface area contributed by atoms with E-state index < -0.39 is 6.10 Å². The molecule has 4 nitrogen and oxygen atoms in total. The van der Waals surface area contributed by atoms with Crippen molar-refractivity contribution in [2.45, 2.75) is 19.2 Å². The van der Waals surface area contributed by atoms with E-state index in [0.29, 0.717) is 23.1 Å². The highest BCUT2D eigenvalue weighted by Crippen LogP contribution is 2.33. The number of aliphatic hydroxyl groups excluding tert-OH is 1. The molecule has 0 aliphatic rings. The topological polar surface area (TPSA) is 43.0 Å². The van der Waals surface area contributed by atoms with Crippen LogP contribution in [0.15, 0.2) is 67.0 Å². The summed E-state index contributed by atoms with van der Waals surface area (Å²) in [5.41, 5.74) is 3.99. The monoisotopic (exact) mass is 409 g/mol. The van der Waals surface area contributed by atoms with Gasteiger partial charge in [0.1, 0.15) is 0 Å². The average Bonchev–Trinajstić information content (AvgIpc) is 3.21. The molecule has 0 spiro atoms. The van der Waals surface area contributed by atoms with Crippen LogP contribution >= 0.6 is 23.2 Å². The van der Waals surface area contributed by atoms with Crippen LogP contribution in [0.25, 0.3) is 32.8 Å². The Morgan fingerprint density at radius 1 is 0.821 bits per heavy atom. The minimum atomic E-state index is -0.581. The molecule has 5 rings (SSSR count). The number of aliphatic hydroxyl groups is 1. The zero-order chi connectivity index (χ0) is 19.3. The van der Waals surface area contributed by atoms with Crippen molar-refractivity contribution in [2.24, 2.45) is 0 Å². The number of hydrogen-bond acceptors (Lipinski definition) is 2. The minimum absolute atomic E-state index is 0.454. The summed E-state index contributed by atoms with van der Waals surface area (Å²) in [6, 6.07) is 19.5. The molecule has 2 heterocycles. The number of fused-ring (bicyclic) bond motifs is 4. The van der Waals surface area contributed by atoms with Crippen LogP contribution in [-0.2, 0) is 13.1 Å². The normalized spacial score (nSPS) is 13.0. The molecular weight excluding hydrogens is 393 g/mol. The van der Waals surface area contributed by atoms with Crippen LogP contribution in [0.5, 0.6) is 0 Å². The van der Waals surface area contributed by atoms with Gasteiger partial charge in [-0.1, -0.05) is 35.3 Å². The second-order valence-corrected chi connectivity index (χ2v) is 7.85. The van der Waals surface area contributed by atoms with Gasteiger partial charge in [-0.3, -0.25) is 0 Å². The molecule has 0 fully saturated rings. The smallest absolute Gasteiger partial charge is 0.0959 e. The van der Waals surface area contributed by atoms with Crippen LogP contribution in [-0.4, -0.2) is 25.3 Å². The summed E-state index contributed by atoms with van der Waals surface area (Å²) in [7, 11) is 0. The first-order valence-corrected chi connectivity index (χ1v) is 9.81. The Morgan fingerprint density at radius 3 is 2.14 bits per heavy atom. The summed E-state index contributed by atoms with van der Waals surface area (Å²) in [6.45, 7) is 0.915. The maximum Gasteiger partial charge on any atom is 0.0959 e. The molecule has 0 saturated heterocycles. The molecule has 140 valence electrons. The molecule has 0 amide bonds. The Morgan fingerprint density at radius 2 is 1.46 bits per heavy atom. The molecule has 0 radical (unpaired) electrons. The van der Waals surface area contributed by atoms with Gasteiger partial charge in [0.15, 0.2) is 0 Å². The Balaban J connectivity index is 1.55. The maximum atomic E-state index is 10.9. The van der Waals surface area contributed by atoms with Gasteiger partial charge in [-0.05, 0) is 48.5 Å². The summed E-state index contributed by atoms with van der Waals surface area (Å²) in [5, 5.41) is 14.3. The standard InChI is InChI=1S/C22H17Cl2N3O/c23-14-5-7-20-17(9-14)18-10-15(24)6-8-21(18)27(20)12-16(28)11-26-13-25-19-3-1-2-4-22(19)26/h1-10,13,16,28H,11-12H2. The predicted molar refractivity (Wildman–Crippen MR) is 115 cm³/mol. The van der Waals surface area contributed by atoms with Gasteiger partial charge in [0.05, 0.1) is 36.6 Å². The lowest BCUT2D eigenvalue weighted by atomic mass is 10.1. The lowest BCUT2D eigenvalue weighted by Gasteiger charge is -2.15. The van der Waals surface area contributed by atoms with Crippen molar-refractivity contribution in [3.05, 3.63) is 77.0 Å². The lowest BCUT2D eigenvalue weighted by Crippen LogP contribution is -2.21. The van der Waals surface area contributed by atoms with Gasteiger partial charge < -0.3 is 14.2 Å². The average molecular weight is 410 g/mol. The molecular formula is C22H17Cl2N3O. The molecule has 0 bridgehead atoms. The third-order valence-corrected chi connectivity index (χ3v) is 5.59. The van der Waals surface area contributed by atoms with E-state index in [4.69, 9.17) is 23.2 Å². The highest BCUT2D eigenvalue weighted by atomic mass is 35.5. The molecule has 5 aromatic rings. The van der Waals surface area contributed by atoms with E-state index in [-0.39, 0.29) is 0 Å².